The summed E-state index contributed by atoms with van der Waals surface area (Å²) in [5.41, 5.74) is 0. The Balaban J connectivity index is 1.62. The summed E-state index contributed by atoms with van der Waals surface area (Å²) in [6.07, 6.45) is 3.08. The molecule has 0 aromatic carbocycles. The average Bonchev–Trinajstić information content (AvgIpc) is 3.03. The number of likely N-dealkylation sites (N-methyl/N-ethyl adjacent to an activating group) is 1. The van der Waals surface area contributed by atoms with Gasteiger partial charge in [-0.05, 0) is 31.1 Å². The molecule has 6 heteroatoms. The Labute approximate surface area is 132 Å². The van der Waals surface area contributed by atoms with E-state index in [1.165, 1.54) is 0 Å². The van der Waals surface area contributed by atoms with Gasteiger partial charge in [0.15, 0.2) is 0 Å². The highest BCUT2D eigenvalue weighted by atomic mass is 16.5. The molecular formula is C16H27N3O3. The largest absolute Gasteiger partial charge is 0.381 e. The second kappa shape index (κ2) is 6.54. The van der Waals surface area contributed by atoms with Gasteiger partial charge in [-0.3, -0.25) is 9.59 Å². The molecule has 1 N–H and O–H groups in total. The molecule has 0 aromatic rings. The normalized spacial score (nSPS) is 33.0. The minimum absolute atomic E-state index is 0.0222. The summed E-state index contributed by atoms with van der Waals surface area (Å²) >= 11 is 0. The molecule has 0 radical (unpaired) electrons. The maximum absolute atomic E-state index is 12.0. The first-order valence-electron chi connectivity index (χ1n) is 8.40. The molecule has 3 atom stereocenters. The highest BCUT2D eigenvalue weighted by Crippen LogP contribution is 2.36. The van der Waals surface area contributed by atoms with Crippen molar-refractivity contribution in [2.45, 2.75) is 38.3 Å². The predicted molar refractivity (Wildman–Crippen MR) is 82.3 cm³/mol. The second-order valence-electron chi connectivity index (χ2n) is 6.89. The van der Waals surface area contributed by atoms with Crippen LogP contribution in [0.15, 0.2) is 0 Å². The molecule has 22 heavy (non-hydrogen) atoms. The first-order valence-corrected chi connectivity index (χ1v) is 8.40. The predicted octanol–water partition coefficient (Wildman–Crippen LogP) is 0.0802. The number of nitrogens with zero attached hydrogens (tertiary/aromatic N) is 2. The van der Waals surface area contributed by atoms with Gasteiger partial charge in [0.25, 0.3) is 0 Å². The third-order valence-corrected chi connectivity index (χ3v) is 5.47. The molecule has 3 rings (SSSR count). The molecule has 3 aliphatic rings. The zero-order chi connectivity index (χ0) is 15.7. The zero-order valence-corrected chi connectivity index (χ0v) is 13.6. The van der Waals surface area contributed by atoms with E-state index >= 15 is 0 Å². The van der Waals surface area contributed by atoms with Gasteiger partial charge in [0.2, 0.25) is 11.8 Å². The molecule has 0 aromatic heterocycles. The fourth-order valence-electron chi connectivity index (χ4n) is 4.42. The topological polar surface area (TPSA) is 61.9 Å². The maximum atomic E-state index is 12.0. The van der Waals surface area contributed by atoms with Crippen LogP contribution in [0.5, 0.6) is 0 Å². The summed E-state index contributed by atoms with van der Waals surface area (Å²) in [7, 11) is 1.65. The number of likely N-dealkylation sites (tertiary alicyclic amines) is 2. The van der Waals surface area contributed by atoms with Crippen LogP contribution in [0.2, 0.25) is 0 Å². The highest BCUT2D eigenvalue weighted by Gasteiger charge is 2.49. The number of rotatable bonds is 3. The Hall–Kier alpha value is -1.14. The molecule has 0 aliphatic carbocycles. The number of carbonyl (C=O) groups is 2. The lowest BCUT2D eigenvalue weighted by atomic mass is 9.99. The number of amides is 2. The Kier molecular flexibility index (Phi) is 4.68. The Morgan fingerprint density at radius 2 is 1.95 bits per heavy atom. The summed E-state index contributed by atoms with van der Waals surface area (Å²) in [6.45, 7) is 6.37. The molecule has 0 saturated carbocycles. The number of fused-ring (bicyclic) bond motifs is 1. The van der Waals surface area contributed by atoms with Crippen LogP contribution >= 0.6 is 0 Å². The number of hydrogen-bond acceptors (Lipinski definition) is 4. The molecule has 3 fully saturated rings. The first kappa shape index (κ1) is 15.7. The van der Waals surface area contributed by atoms with Crippen molar-refractivity contribution in [2.24, 2.45) is 11.8 Å². The molecule has 3 aliphatic heterocycles. The number of nitrogens with one attached hydrogen (secondary N) is 1. The van der Waals surface area contributed by atoms with Crippen molar-refractivity contribution >= 4 is 11.8 Å². The zero-order valence-electron chi connectivity index (χ0n) is 13.6. The molecule has 2 amide bonds. The van der Waals surface area contributed by atoms with Crippen LogP contribution in [-0.2, 0) is 14.3 Å². The van der Waals surface area contributed by atoms with Crippen molar-refractivity contribution < 1.29 is 14.3 Å². The van der Waals surface area contributed by atoms with E-state index in [4.69, 9.17) is 4.74 Å². The van der Waals surface area contributed by atoms with Crippen LogP contribution in [0.1, 0.15) is 26.2 Å². The third-order valence-electron chi connectivity index (χ3n) is 5.47. The minimum Gasteiger partial charge on any atom is -0.381 e. The van der Waals surface area contributed by atoms with Crippen molar-refractivity contribution in [3.05, 3.63) is 0 Å². The molecule has 0 unspecified atom stereocenters. The highest BCUT2D eigenvalue weighted by molar-refractivity contribution is 5.87. The molecule has 3 heterocycles. The number of ether oxygens (including phenoxy) is 1. The third kappa shape index (κ3) is 2.99. The van der Waals surface area contributed by atoms with Gasteiger partial charge in [-0.15, -0.1) is 0 Å². The molecule has 6 nitrogen and oxygen atoms in total. The minimum atomic E-state index is -0.275. The van der Waals surface area contributed by atoms with Crippen molar-refractivity contribution in [1.29, 1.82) is 0 Å². The van der Waals surface area contributed by atoms with E-state index in [0.717, 1.165) is 52.1 Å². The lowest BCUT2D eigenvalue weighted by Crippen LogP contribution is -2.49. The summed E-state index contributed by atoms with van der Waals surface area (Å²) in [5, 5.41) is 2.70. The van der Waals surface area contributed by atoms with E-state index in [-0.39, 0.29) is 23.9 Å². The quantitative estimate of drug-likeness (QED) is 0.802. The lowest BCUT2D eigenvalue weighted by Gasteiger charge is -2.31. The standard InChI is InChI=1S/C16H27N3O3/c1-11(20)19-14(16(21)17-2)7-13-9-18(10-15(13)19)8-12-3-5-22-6-4-12/h12-15H,3-10H2,1-2H3,(H,17,21)/t13-,14-,15+/m0/s1. The van der Waals surface area contributed by atoms with E-state index in [0.29, 0.717) is 11.8 Å². The number of hydrogen-bond donors (Lipinski definition) is 1. The van der Waals surface area contributed by atoms with Gasteiger partial charge in [-0.25, -0.2) is 0 Å². The van der Waals surface area contributed by atoms with Crippen molar-refractivity contribution in [2.75, 3.05) is 39.9 Å². The summed E-state index contributed by atoms with van der Waals surface area (Å²) in [4.78, 5) is 28.4. The monoisotopic (exact) mass is 309 g/mol. The summed E-state index contributed by atoms with van der Waals surface area (Å²) < 4.78 is 5.42. The Morgan fingerprint density at radius 1 is 1.23 bits per heavy atom. The molecule has 0 bridgehead atoms. The van der Waals surface area contributed by atoms with Gasteiger partial charge in [0, 0.05) is 52.9 Å². The fraction of sp³-hybridized carbons (Fsp3) is 0.875. The van der Waals surface area contributed by atoms with E-state index in [2.05, 4.69) is 10.2 Å². The first-order chi connectivity index (χ1) is 10.6. The smallest absolute Gasteiger partial charge is 0.242 e. The van der Waals surface area contributed by atoms with Crippen LogP contribution in [0.4, 0.5) is 0 Å². The Morgan fingerprint density at radius 3 is 2.59 bits per heavy atom. The van der Waals surface area contributed by atoms with Crippen LogP contribution in [0.3, 0.4) is 0 Å². The van der Waals surface area contributed by atoms with Gasteiger partial charge in [0.05, 0.1) is 0 Å². The van der Waals surface area contributed by atoms with E-state index in [1.807, 2.05) is 4.90 Å². The van der Waals surface area contributed by atoms with Crippen molar-refractivity contribution in [1.82, 2.24) is 15.1 Å². The maximum Gasteiger partial charge on any atom is 0.242 e. The van der Waals surface area contributed by atoms with Crippen LogP contribution in [0.25, 0.3) is 0 Å². The summed E-state index contributed by atoms with van der Waals surface area (Å²) in [6, 6.07) is -0.0672. The Bertz CT molecular complexity index is 436. The van der Waals surface area contributed by atoms with E-state index in [1.54, 1.807) is 14.0 Å². The average molecular weight is 309 g/mol. The summed E-state index contributed by atoms with van der Waals surface area (Å²) in [5.74, 6) is 1.15. The molecule has 3 saturated heterocycles. The lowest BCUT2D eigenvalue weighted by molar-refractivity contribution is -0.138. The number of carbonyl (C=O) groups excluding carboxylic acids is 2. The molecule has 124 valence electrons. The van der Waals surface area contributed by atoms with Crippen molar-refractivity contribution in [3.8, 4) is 0 Å². The molecular weight excluding hydrogens is 282 g/mol. The van der Waals surface area contributed by atoms with E-state index < -0.39 is 0 Å². The molecule has 0 spiro atoms. The van der Waals surface area contributed by atoms with Crippen LogP contribution < -0.4 is 5.32 Å². The van der Waals surface area contributed by atoms with E-state index in [9.17, 15) is 9.59 Å². The fourth-order valence-corrected chi connectivity index (χ4v) is 4.42. The van der Waals surface area contributed by atoms with Crippen LogP contribution in [0, 0.1) is 11.8 Å². The van der Waals surface area contributed by atoms with Crippen molar-refractivity contribution in [3.63, 3.8) is 0 Å². The van der Waals surface area contributed by atoms with Gasteiger partial charge >= 0.3 is 0 Å². The van der Waals surface area contributed by atoms with Gasteiger partial charge in [-0.1, -0.05) is 0 Å². The SMILES string of the molecule is CNC(=O)[C@@H]1C[C@H]2CN(CC3CCOCC3)C[C@H]2N1C(C)=O. The van der Waals surface area contributed by atoms with Gasteiger partial charge in [-0.2, -0.15) is 0 Å². The van der Waals surface area contributed by atoms with Gasteiger partial charge in [0.1, 0.15) is 6.04 Å². The second-order valence-corrected chi connectivity index (χ2v) is 6.89. The van der Waals surface area contributed by atoms with Crippen LogP contribution in [-0.4, -0.2) is 73.6 Å². The van der Waals surface area contributed by atoms with Gasteiger partial charge < -0.3 is 19.9 Å².